The highest BCUT2D eigenvalue weighted by atomic mass is 15.2. The minimum atomic E-state index is -0.489. The van der Waals surface area contributed by atoms with Crippen LogP contribution in [0.3, 0.4) is 0 Å². The summed E-state index contributed by atoms with van der Waals surface area (Å²) in [6.07, 6.45) is 0. The third kappa shape index (κ3) is 5.27. The Morgan fingerprint density at radius 1 is 0.474 bits per heavy atom. The van der Waals surface area contributed by atoms with Crippen LogP contribution < -0.4 is 21.1 Å². The summed E-state index contributed by atoms with van der Waals surface area (Å²) in [6.45, 7) is 2.25. The summed E-state index contributed by atoms with van der Waals surface area (Å²) in [5.41, 5.74) is 19.4. The van der Waals surface area contributed by atoms with Gasteiger partial charge >= 0.3 is 0 Å². The zero-order chi connectivity index (χ0) is 37.9. The topological polar surface area (TPSA) is 15.3 Å². The summed E-state index contributed by atoms with van der Waals surface area (Å²) >= 11 is 0. The van der Waals surface area contributed by atoms with Crippen molar-refractivity contribution in [1.82, 2.24) is 0 Å². The van der Waals surface area contributed by atoms with Gasteiger partial charge in [0, 0.05) is 28.3 Å². The number of para-hydroxylation sites is 2. The minimum absolute atomic E-state index is 0.489. The van der Waals surface area contributed by atoms with Crippen molar-refractivity contribution in [3.8, 4) is 22.3 Å². The van der Waals surface area contributed by atoms with Gasteiger partial charge in [-0.25, -0.2) is 0 Å². The van der Waals surface area contributed by atoms with E-state index >= 15 is 0 Å². The Kier molecular flexibility index (Phi) is 7.75. The first-order valence-electron chi connectivity index (χ1n) is 19.9. The third-order valence-corrected chi connectivity index (χ3v) is 12.1. The summed E-state index contributed by atoms with van der Waals surface area (Å²) in [5, 5.41) is 6.32. The number of anilines is 5. The molecule has 2 aliphatic rings. The molecule has 9 aromatic rings. The fourth-order valence-corrected chi connectivity index (χ4v) is 9.68. The molecule has 0 aliphatic carbocycles. The molecule has 0 bridgehead atoms. The fraction of sp³-hybridized carbons (Fsp3) is 0.0370. The lowest BCUT2D eigenvalue weighted by molar-refractivity contribution is 0.732. The molecule has 0 radical (unpaired) electrons. The van der Waals surface area contributed by atoms with E-state index in [0.29, 0.717) is 0 Å². The Labute approximate surface area is 335 Å². The molecule has 0 saturated heterocycles. The van der Waals surface area contributed by atoms with E-state index in [4.69, 9.17) is 0 Å². The van der Waals surface area contributed by atoms with Gasteiger partial charge < -0.3 is 10.2 Å². The quantitative estimate of drug-likeness (QED) is 0.172. The van der Waals surface area contributed by atoms with Crippen LogP contribution >= 0.6 is 0 Å². The second kappa shape index (κ2) is 13.3. The van der Waals surface area contributed by atoms with Crippen molar-refractivity contribution in [2.24, 2.45) is 0 Å². The molecule has 2 nitrogen and oxygen atoms in total. The Bertz CT molecular complexity index is 2920. The zero-order valence-corrected chi connectivity index (χ0v) is 31.8. The summed E-state index contributed by atoms with van der Waals surface area (Å²) in [4.78, 5) is 2.58. The molecule has 3 heteroatoms. The summed E-state index contributed by atoms with van der Waals surface area (Å²) in [5.74, 6) is 0. The standard InChI is InChI=1S/C54H39BN2/c1-36-32-45(44-34-39-18-11-12-19-40(39)35-49(44)56-43-30-28-38(29-31-43)37-16-5-2-6-17-37)52-51(33-36)57-50-27-14-13-24-46(50)54(41-20-7-3-8-21-41,42-22-9-4-10-23-42)47-25-15-26-48(55-52)53(47)57/h2-35,55-56H,1H3. The number of benzene rings is 9. The number of nitrogens with one attached hydrogen (secondary N) is 1. The van der Waals surface area contributed by atoms with Gasteiger partial charge in [0.05, 0.1) is 11.1 Å². The SMILES string of the molecule is Cc1cc(-c2cc3ccccc3cc2Nc2ccc(-c3ccccc3)cc2)c2c(c1)N1c3ccccc3C(c3ccccc3)(c3ccccc3)c3cccc(c31)B2. The Morgan fingerprint density at radius 2 is 1.07 bits per heavy atom. The molecule has 0 aromatic heterocycles. The lowest BCUT2D eigenvalue weighted by Crippen LogP contribution is -2.47. The molecule has 0 amide bonds. The van der Waals surface area contributed by atoms with Crippen molar-refractivity contribution in [3.05, 3.63) is 234 Å². The van der Waals surface area contributed by atoms with Crippen LogP contribution in [0.15, 0.2) is 206 Å². The van der Waals surface area contributed by atoms with E-state index in [9.17, 15) is 0 Å². The molecule has 0 unspecified atom stereocenters. The smallest absolute Gasteiger partial charge is 0.198 e. The van der Waals surface area contributed by atoms with E-state index in [2.05, 4.69) is 223 Å². The highest BCUT2D eigenvalue weighted by Crippen LogP contribution is 2.57. The number of nitrogens with zero attached hydrogens (tertiary/aromatic N) is 1. The van der Waals surface area contributed by atoms with Crippen LogP contribution in [0.5, 0.6) is 0 Å². The highest BCUT2D eigenvalue weighted by molar-refractivity contribution is 6.73. The maximum atomic E-state index is 3.88. The predicted molar refractivity (Wildman–Crippen MR) is 242 cm³/mol. The van der Waals surface area contributed by atoms with Crippen LogP contribution in [-0.2, 0) is 5.41 Å². The van der Waals surface area contributed by atoms with Crippen molar-refractivity contribution >= 4 is 57.4 Å². The van der Waals surface area contributed by atoms with Gasteiger partial charge in [0.1, 0.15) is 0 Å². The van der Waals surface area contributed by atoms with Gasteiger partial charge in [0.15, 0.2) is 7.28 Å². The molecule has 0 spiro atoms. The molecule has 0 atom stereocenters. The monoisotopic (exact) mass is 726 g/mol. The number of rotatable bonds is 6. The molecule has 0 fully saturated rings. The Morgan fingerprint density at radius 3 is 1.79 bits per heavy atom. The molecule has 9 aromatic carbocycles. The van der Waals surface area contributed by atoms with Crippen molar-refractivity contribution in [1.29, 1.82) is 0 Å². The predicted octanol–water partition coefficient (Wildman–Crippen LogP) is 12.1. The van der Waals surface area contributed by atoms with Gasteiger partial charge in [-0.1, -0.05) is 175 Å². The molecule has 268 valence electrons. The maximum Gasteiger partial charge on any atom is 0.198 e. The largest absolute Gasteiger partial charge is 0.355 e. The van der Waals surface area contributed by atoms with E-state index in [-0.39, 0.29) is 0 Å². The van der Waals surface area contributed by atoms with Crippen LogP contribution in [-0.4, -0.2) is 7.28 Å². The lowest BCUT2D eigenvalue weighted by atomic mass is 9.54. The van der Waals surface area contributed by atoms with Crippen molar-refractivity contribution in [2.75, 3.05) is 10.2 Å². The van der Waals surface area contributed by atoms with Crippen molar-refractivity contribution in [2.45, 2.75) is 12.3 Å². The first kappa shape index (κ1) is 33.3. The summed E-state index contributed by atoms with van der Waals surface area (Å²) in [7, 11) is 0.824. The van der Waals surface area contributed by atoms with Crippen LogP contribution in [0.1, 0.15) is 27.8 Å². The van der Waals surface area contributed by atoms with Crippen LogP contribution in [0.4, 0.5) is 28.4 Å². The van der Waals surface area contributed by atoms with Crippen molar-refractivity contribution in [3.63, 3.8) is 0 Å². The number of hydrogen-bond acceptors (Lipinski definition) is 2. The summed E-state index contributed by atoms with van der Waals surface area (Å²) < 4.78 is 0. The van der Waals surface area contributed by atoms with E-state index < -0.39 is 5.41 Å². The maximum absolute atomic E-state index is 3.88. The molecular formula is C54H39BN2. The van der Waals surface area contributed by atoms with E-state index in [1.807, 2.05) is 0 Å². The first-order chi connectivity index (χ1) is 28.2. The zero-order valence-electron chi connectivity index (χ0n) is 31.8. The highest BCUT2D eigenvalue weighted by Gasteiger charge is 2.48. The molecule has 57 heavy (non-hydrogen) atoms. The lowest BCUT2D eigenvalue weighted by Gasteiger charge is -2.49. The van der Waals surface area contributed by atoms with Crippen molar-refractivity contribution < 1.29 is 0 Å². The second-order valence-corrected chi connectivity index (χ2v) is 15.4. The summed E-state index contributed by atoms with van der Waals surface area (Å²) in [6, 6.07) is 75.9. The molecule has 1 N–H and O–H groups in total. The average Bonchev–Trinajstić information content (AvgIpc) is 3.27. The van der Waals surface area contributed by atoms with Gasteiger partial charge in [-0.15, -0.1) is 0 Å². The minimum Gasteiger partial charge on any atom is -0.355 e. The number of aryl methyl sites for hydroxylation is 1. The third-order valence-electron chi connectivity index (χ3n) is 12.1. The van der Waals surface area contributed by atoms with Crippen LogP contribution in [0.25, 0.3) is 33.0 Å². The molecule has 0 saturated carbocycles. The number of hydrogen-bond donors (Lipinski definition) is 1. The van der Waals surface area contributed by atoms with Crippen LogP contribution in [0, 0.1) is 6.92 Å². The molecule has 2 aliphatic heterocycles. The number of fused-ring (bicyclic) bond motifs is 5. The Hall–Kier alpha value is -7.10. The molecule has 11 rings (SSSR count). The molecule has 2 heterocycles. The van der Waals surface area contributed by atoms with E-state index in [1.54, 1.807) is 0 Å². The molecular weight excluding hydrogens is 687 g/mol. The Balaban J connectivity index is 1.12. The van der Waals surface area contributed by atoms with Gasteiger partial charge in [0.25, 0.3) is 0 Å². The van der Waals surface area contributed by atoms with E-state index in [1.165, 1.54) is 88.8 Å². The van der Waals surface area contributed by atoms with Gasteiger partial charge in [-0.2, -0.15) is 0 Å². The van der Waals surface area contributed by atoms with E-state index in [0.717, 1.165) is 18.7 Å². The van der Waals surface area contributed by atoms with Gasteiger partial charge in [0.2, 0.25) is 0 Å². The van der Waals surface area contributed by atoms with Gasteiger partial charge in [-0.3, -0.25) is 0 Å². The average molecular weight is 727 g/mol. The van der Waals surface area contributed by atoms with Gasteiger partial charge in [-0.05, 0) is 104 Å². The fourth-order valence-electron chi connectivity index (χ4n) is 9.68. The van der Waals surface area contributed by atoms with Crippen LogP contribution in [0.2, 0.25) is 0 Å². The normalized spacial score (nSPS) is 13.2. The second-order valence-electron chi connectivity index (χ2n) is 15.4. The first-order valence-corrected chi connectivity index (χ1v) is 19.9.